The molecule has 2 aliphatic rings. The summed E-state index contributed by atoms with van der Waals surface area (Å²) in [6, 6.07) is 15.3. The van der Waals surface area contributed by atoms with Gasteiger partial charge in [0.1, 0.15) is 17.5 Å². The Morgan fingerprint density at radius 2 is 1.85 bits per heavy atom. The normalized spacial score (nSPS) is 19.4. The van der Waals surface area contributed by atoms with Crippen molar-refractivity contribution in [3.63, 3.8) is 0 Å². The van der Waals surface area contributed by atoms with Gasteiger partial charge < -0.3 is 24.8 Å². The lowest BCUT2D eigenvalue weighted by Gasteiger charge is -2.25. The molecule has 0 spiro atoms. The van der Waals surface area contributed by atoms with Crippen LogP contribution >= 0.6 is 0 Å². The maximum absolute atomic E-state index is 13.5. The largest absolute Gasteiger partial charge is 0.497 e. The SMILES string of the molecule is COc1ccc(-c2ccc3c(c2)C(=O)N2CCC(NC(=O)c4cccn4C)C2C(=O)N3)cc1. The number of amides is 3. The van der Waals surface area contributed by atoms with Gasteiger partial charge in [-0.1, -0.05) is 18.2 Å². The number of nitrogens with one attached hydrogen (secondary N) is 2. The zero-order valence-corrected chi connectivity index (χ0v) is 18.4. The zero-order chi connectivity index (χ0) is 23.1. The molecule has 2 aliphatic heterocycles. The van der Waals surface area contributed by atoms with E-state index in [-0.39, 0.29) is 17.7 Å². The highest BCUT2D eigenvalue weighted by atomic mass is 16.5. The molecule has 2 N–H and O–H groups in total. The molecule has 8 heteroatoms. The van der Waals surface area contributed by atoms with Crippen LogP contribution in [0.25, 0.3) is 11.1 Å². The van der Waals surface area contributed by atoms with E-state index in [0.717, 1.165) is 16.9 Å². The summed E-state index contributed by atoms with van der Waals surface area (Å²) < 4.78 is 6.94. The highest BCUT2D eigenvalue weighted by molar-refractivity contribution is 6.11. The number of aryl methyl sites for hydroxylation is 1. The van der Waals surface area contributed by atoms with E-state index in [4.69, 9.17) is 4.74 Å². The number of hydrogen-bond donors (Lipinski definition) is 2. The Bertz CT molecular complexity index is 1250. The van der Waals surface area contributed by atoms with Crippen LogP contribution in [0.15, 0.2) is 60.8 Å². The number of methoxy groups -OCH3 is 1. The molecule has 3 heterocycles. The molecule has 1 saturated heterocycles. The number of rotatable bonds is 4. The van der Waals surface area contributed by atoms with Crippen LogP contribution in [0.3, 0.4) is 0 Å². The first-order valence-corrected chi connectivity index (χ1v) is 10.8. The van der Waals surface area contributed by atoms with Gasteiger partial charge in [-0.05, 0) is 53.9 Å². The van der Waals surface area contributed by atoms with E-state index >= 15 is 0 Å². The summed E-state index contributed by atoms with van der Waals surface area (Å²) in [5, 5.41) is 5.84. The zero-order valence-electron chi connectivity index (χ0n) is 18.4. The van der Waals surface area contributed by atoms with Gasteiger partial charge in [0.2, 0.25) is 5.91 Å². The molecular formula is C25H24N4O4. The Hall–Kier alpha value is -4.07. The van der Waals surface area contributed by atoms with Crippen molar-refractivity contribution in [1.82, 2.24) is 14.8 Å². The number of ether oxygens (including phenoxy) is 1. The molecule has 5 rings (SSSR count). The van der Waals surface area contributed by atoms with Crippen LogP contribution in [0.1, 0.15) is 27.3 Å². The quantitative estimate of drug-likeness (QED) is 0.647. The number of aromatic nitrogens is 1. The van der Waals surface area contributed by atoms with Crippen LogP contribution in [0.5, 0.6) is 5.75 Å². The fraction of sp³-hybridized carbons (Fsp3) is 0.240. The van der Waals surface area contributed by atoms with E-state index < -0.39 is 12.1 Å². The number of nitrogens with zero attached hydrogens (tertiary/aromatic N) is 2. The molecule has 0 aliphatic carbocycles. The highest BCUT2D eigenvalue weighted by Gasteiger charge is 2.45. The van der Waals surface area contributed by atoms with Crippen LogP contribution < -0.4 is 15.4 Å². The van der Waals surface area contributed by atoms with Gasteiger partial charge in [0.25, 0.3) is 11.8 Å². The molecule has 0 radical (unpaired) electrons. The molecule has 3 aromatic rings. The van der Waals surface area contributed by atoms with Crippen LogP contribution in [0, 0.1) is 0 Å². The average Bonchev–Trinajstić information content (AvgIpc) is 3.42. The summed E-state index contributed by atoms with van der Waals surface area (Å²) in [6.45, 7) is 0.390. The second-order valence-electron chi connectivity index (χ2n) is 8.29. The molecule has 2 unspecified atom stereocenters. The van der Waals surface area contributed by atoms with E-state index in [1.165, 1.54) is 0 Å². The van der Waals surface area contributed by atoms with Gasteiger partial charge in [0, 0.05) is 19.8 Å². The van der Waals surface area contributed by atoms with Crippen molar-refractivity contribution < 1.29 is 19.1 Å². The van der Waals surface area contributed by atoms with Crippen molar-refractivity contribution in [2.75, 3.05) is 19.0 Å². The first-order chi connectivity index (χ1) is 16.0. The van der Waals surface area contributed by atoms with Crippen molar-refractivity contribution in [2.45, 2.75) is 18.5 Å². The van der Waals surface area contributed by atoms with E-state index in [9.17, 15) is 14.4 Å². The average molecular weight is 444 g/mol. The molecule has 168 valence electrons. The fourth-order valence-electron chi connectivity index (χ4n) is 4.59. The third kappa shape index (κ3) is 3.63. The fourth-order valence-corrected chi connectivity index (χ4v) is 4.59. The highest BCUT2D eigenvalue weighted by Crippen LogP contribution is 2.32. The number of hydrogen-bond acceptors (Lipinski definition) is 4. The summed E-state index contributed by atoms with van der Waals surface area (Å²) in [5.74, 6) is -0.0355. The molecule has 2 aromatic carbocycles. The van der Waals surface area contributed by atoms with Gasteiger partial charge in [-0.2, -0.15) is 0 Å². The second kappa shape index (κ2) is 8.12. The van der Waals surface area contributed by atoms with Gasteiger partial charge in [-0.15, -0.1) is 0 Å². The van der Waals surface area contributed by atoms with Crippen molar-refractivity contribution in [3.8, 4) is 16.9 Å². The Morgan fingerprint density at radius 1 is 1.09 bits per heavy atom. The molecule has 0 bridgehead atoms. The van der Waals surface area contributed by atoms with Crippen molar-refractivity contribution >= 4 is 23.4 Å². The van der Waals surface area contributed by atoms with Gasteiger partial charge in [-0.3, -0.25) is 14.4 Å². The monoisotopic (exact) mass is 444 g/mol. The summed E-state index contributed by atoms with van der Waals surface area (Å²) in [7, 11) is 3.40. The molecular weight excluding hydrogens is 420 g/mol. The third-order valence-electron chi connectivity index (χ3n) is 6.35. The van der Waals surface area contributed by atoms with E-state index in [1.54, 1.807) is 54.1 Å². The minimum Gasteiger partial charge on any atom is -0.497 e. The molecule has 2 atom stereocenters. The number of benzene rings is 2. The van der Waals surface area contributed by atoms with Gasteiger partial charge in [0.05, 0.1) is 24.4 Å². The maximum Gasteiger partial charge on any atom is 0.268 e. The van der Waals surface area contributed by atoms with Gasteiger partial charge in [-0.25, -0.2) is 0 Å². The van der Waals surface area contributed by atoms with Crippen molar-refractivity contribution in [3.05, 3.63) is 72.1 Å². The van der Waals surface area contributed by atoms with E-state index in [2.05, 4.69) is 10.6 Å². The molecule has 1 fully saturated rings. The molecule has 33 heavy (non-hydrogen) atoms. The predicted octanol–water partition coefficient (Wildman–Crippen LogP) is 2.67. The van der Waals surface area contributed by atoms with E-state index in [0.29, 0.717) is 29.9 Å². The van der Waals surface area contributed by atoms with Crippen molar-refractivity contribution in [2.24, 2.45) is 7.05 Å². The van der Waals surface area contributed by atoms with E-state index in [1.807, 2.05) is 30.3 Å². The first kappa shape index (κ1) is 20.8. The van der Waals surface area contributed by atoms with Crippen LogP contribution in [-0.2, 0) is 11.8 Å². The smallest absolute Gasteiger partial charge is 0.268 e. The summed E-state index contributed by atoms with van der Waals surface area (Å²) in [4.78, 5) is 40.8. The molecule has 3 amide bonds. The lowest BCUT2D eigenvalue weighted by atomic mass is 10.0. The summed E-state index contributed by atoms with van der Waals surface area (Å²) in [5.41, 5.74) is 3.22. The number of anilines is 1. The summed E-state index contributed by atoms with van der Waals surface area (Å²) in [6.07, 6.45) is 2.29. The number of fused-ring (bicyclic) bond motifs is 2. The Labute approximate surface area is 191 Å². The second-order valence-corrected chi connectivity index (χ2v) is 8.29. The van der Waals surface area contributed by atoms with Crippen LogP contribution in [0.4, 0.5) is 5.69 Å². The Kier molecular flexibility index (Phi) is 5.12. The standard InChI is InChI=1S/C25H24N4O4/c1-28-12-3-4-21(28)23(30)27-20-11-13-29-22(20)24(31)26-19-10-7-16(14-18(19)25(29)32)15-5-8-17(33-2)9-6-15/h3-10,12,14,20,22H,11,13H2,1-2H3,(H,26,31)(H,27,30). The Balaban J connectivity index is 1.42. The van der Waals surface area contributed by atoms with Crippen LogP contribution in [-0.4, -0.2) is 52.9 Å². The predicted molar refractivity (Wildman–Crippen MR) is 123 cm³/mol. The summed E-state index contributed by atoms with van der Waals surface area (Å²) >= 11 is 0. The number of carbonyl (C=O) groups is 3. The lowest BCUT2D eigenvalue weighted by molar-refractivity contribution is -0.120. The maximum atomic E-state index is 13.5. The Morgan fingerprint density at radius 3 is 2.55 bits per heavy atom. The topological polar surface area (TPSA) is 92.7 Å². The van der Waals surface area contributed by atoms with Crippen molar-refractivity contribution in [1.29, 1.82) is 0 Å². The van der Waals surface area contributed by atoms with Gasteiger partial charge in [0.15, 0.2) is 0 Å². The van der Waals surface area contributed by atoms with Gasteiger partial charge >= 0.3 is 0 Å². The molecule has 1 aromatic heterocycles. The first-order valence-electron chi connectivity index (χ1n) is 10.8. The third-order valence-corrected chi connectivity index (χ3v) is 6.35. The van der Waals surface area contributed by atoms with Crippen LogP contribution in [0.2, 0.25) is 0 Å². The minimum atomic E-state index is -0.765. The molecule has 0 saturated carbocycles. The number of carbonyl (C=O) groups excluding carboxylic acids is 3. The minimum absolute atomic E-state index is 0.223. The molecule has 8 nitrogen and oxygen atoms in total. The lowest BCUT2D eigenvalue weighted by Crippen LogP contribution is -2.51.